The Balaban J connectivity index is 1.84. The van der Waals surface area contributed by atoms with E-state index in [-0.39, 0.29) is 6.42 Å². The van der Waals surface area contributed by atoms with Gasteiger partial charge in [-0.1, -0.05) is 42.0 Å². The highest BCUT2D eigenvalue weighted by molar-refractivity contribution is 5.66. The molecule has 3 nitrogen and oxygen atoms in total. The summed E-state index contributed by atoms with van der Waals surface area (Å²) in [5.74, 6) is 0.460. The van der Waals surface area contributed by atoms with Crippen LogP contribution in [0.3, 0.4) is 0 Å². The van der Waals surface area contributed by atoms with Crippen LogP contribution in [0.1, 0.15) is 54.4 Å². The molecule has 26 heavy (non-hydrogen) atoms. The van der Waals surface area contributed by atoms with Crippen LogP contribution in [0.15, 0.2) is 36.4 Å². The largest absolute Gasteiger partial charge is 0.481 e. The molecule has 0 heterocycles. The summed E-state index contributed by atoms with van der Waals surface area (Å²) in [6.07, 6.45) is 13.1. The zero-order valence-electron chi connectivity index (χ0n) is 16.4. The van der Waals surface area contributed by atoms with Crippen molar-refractivity contribution in [3.8, 4) is 0 Å². The lowest BCUT2D eigenvalue weighted by Crippen LogP contribution is -2.28. The van der Waals surface area contributed by atoms with E-state index in [0.717, 1.165) is 38.8 Å². The first-order valence-corrected chi connectivity index (χ1v) is 9.78. The zero-order chi connectivity index (χ0) is 18.9. The molecular formula is C23H33NO2. The lowest BCUT2D eigenvalue weighted by Gasteiger charge is -2.27. The average Bonchev–Trinajstić information content (AvgIpc) is 2.57. The van der Waals surface area contributed by atoms with Crippen LogP contribution in [0, 0.1) is 32.6 Å². The smallest absolute Gasteiger partial charge is 0.303 e. The number of carboxylic acids is 1. The van der Waals surface area contributed by atoms with Gasteiger partial charge in [0.05, 0.1) is 0 Å². The van der Waals surface area contributed by atoms with Crippen molar-refractivity contribution in [2.45, 2.75) is 59.4 Å². The minimum Gasteiger partial charge on any atom is -0.481 e. The summed E-state index contributed by atoms with van der Waals surface area (Å²) in [5, 5.41) is 12.4. The normalized spacial score (nSPS) is 20.0. The first-order valence-electron chi connectivity index (χ1n) is 9.78. The van der Waals surface area contributed by atoms with Crippen LogP contribution in [0.2, 0.25) is 0 Å². The van der Waals surface area contributed by atoms with E-state index in [9.17, 15) is 4.79 Å². The molecular weight excluding hydrogens is 322 g/mol. The summed E-state index contributed by atoms with van der Waals surface area (Å²) in [7, 11) is 0. The van der Waals surface area contributed by atoms with E-state index in [0.29, 0.717) is 11.8 Å². The molecule has 142 valence electrons. The van der Waals surface area contributed by atoms with Gasteiger partial charge in [0.15, 0.2) is 0 Å². The van der Waals surface area contributed by atoms with E-state index < -0.39 is 5.97 Å². The van der Waals surface area contributed by atoms with Crippen LogP contribution < -0.4 is 5.32 Å². The Bertz CT molecular complexity index is 637. The Hall–Kier alpha value is -1.87. The van der Waals surface area contributed by atoms with Crippen molar-refractivity contribution in [1.82, 2.24) is 5.32 Å². The lowest BCUT2D eigenvalue weighted by molar-refractivity contribution is -0.137. The average molecular weight is 356 g/mol. The number of allylic oxidation sites excluding steroid dienone is 4. The second-order valence-corrected chi connectivity index (χ2v) is 7.59. The molecule has 0 fully saturated rings. The summed E-state index contributed by atoms with van der Waals surface area (Å²) in [6.45, 7) is 8.49. The molecule has 1 aromatic rings. The number of rotatable bonds is 9. The molecule has 2 N–H and O–H groups in total. The molecule has 3 heteroatoms. The fraction of sp³-hybridized carbons (Fsp3) is 0.522. The molecule has 0 amide bonds. The molecule has 2 rings (SSSR count). The maximum absolute atomic E-state index is 10.6. The summed E-state index contributed by atoms with van der Waals surface area (Å²) >= 11 is 0. The second kappa shape index (κ2) is 10.3. The zero-order valence-corrected chi connectivity index (χ0v) is 16.4. The third-order valence-electron chi connectivity index (χ3n) is 5.31. The maximum atomic E-state index is 10.6. The van der Waals surface area contributed by atoms with Crippen LogP contribution in [-0.2, 0) is 11.3 Å². The van der Waals surface area contributed by atoms with Gasteiger partial charge in [-0.25, -0.2) is 0 Å². The van der Waals surface area contributed by atoms with Gasteiger partial charge in [-0.2, -0.15) is 0 Å². The molecule has 1 aliphatic carbocycles. The molecule has 0 bridgehead atoms. The third kappa shape index (κ3) is 6.45. The number of unbranched alkanes of at least 4 members (excludes halogenated alkanes) is 1. The van der Waals surface area contributed by atoms with Gasteiger partial charge in [-0.15, -0.1) is 0 Å². The fourth-order valence-corrected chi connectivity index (χ4v) is 3.88. The van der Waals surface area contributed by atoms with Gasteiger partial charge in [0.25, 0.3) is 0 Å². The number of nitrogens with one attached hydrogen (secondary N) is 1. The monoisotopic (exact) mass is 355 g/mol. The summed E-state index contributed by atoms with van der Waals surface area (Å²) in [5.41, 5.74) is 5.49. The van der Waals surface area contributed by atoms with E-state index >= 15 is 0 Å². The standard InChI is InChI=1S/C23H33NO2/c1-17-13-18(2)22(19(3)14-17)16-24-15-21-11-8-7-10-20(21)9-5-4-6-12-23(25)26/h5,7-9,13-14,20-21,24H,4,6,10-12,15-16H2,1-3H3,(H,25,26)/b9-5-/t20-,21+/m0/s1. The number of aryl methyl sites for hydroxylation is 3. The second-order valence-electron chi connectivity index (χ2n) is 7.59. The van der Waals surface area contributed by atoms with Gasteiger partial charge in [0.1, 0.15) is 0 Å². The van der Waals surface area contributed by atoms with Gasteiger partial charge in [-0.05, 0) is 81.5 Å². The van der Waals surface area contributed by atoms with Crippen molar-refractivity contribution in [1.29, 1.82) is 0 Å². The number of carboxylic acid groups (broad SMARTS) is 1. The van der Waals surface area contributed by atoms with Crippen molar-refractivity contribution >= 4 is 5.97 Å². The molecule has 0 spiro atoms. The molecule has 0 radical (unpaired) electrons. The number of aliphatic carboxylic acids is 1. The van der Waals surface area contributed by atoms with Crippen molar-refractivity contribution in [2.24, 2.45) is 11.8 Å². The van der Waals surface area contributed by atoms with Gasteiger partial charge in [0.2, 0.25) is 0 Å². The predicted molar refractivity (Wildman–Crippen MR) is 108 cm³/mol. The van der Waals surface area contributed by atoms with Gasteiger partial charge in [-0.3, -0.25) is 4.79 Å². The fourth-order valence-electron chi connectivity index (χ4n) is 3.88. The van der Waals surface area contributed by atoms with Gasteiger partial charge >= 0.3 is 5.97 Å². The van der Waals surface area contributed by atoms with E-state index in [1.807, 2.05) is 0 Å². The first-order chi connectivity index (χ1) is 12.5. The van der Waals surface area contributed by atoms with Crippen LogP contribution in [0.4, 0.5) is 0 Å². The molecule has 0 aromatic heterocycles. The van der Waals surface area contributed by atoms with E-state index in [2.05, 4.69) is 62.5 Å². The SMILES string of the molecule is Cc1cc(C)c(CNC[C@H]2CC=CC[C@@H]2/C=C\CCCC(=O)O)c(C)c1. The quantitative estimate of drug-likeness (QED) is 0.479. The molecule has 1 aliphatic rings. The molecule has 0 saturated carbocycles. The Morgan fingerprint density at radius 1 is 1.19 bits per heavy atom. The maximum Gasteiger partial charge on any atom is 0.303 e. The van der Waals surface area contributed by atoms with Crippen molar-refractivity contribution in [3.63, 3.8) is 0 Å². The van der Waals surface area contributed by atoms with Crippen molar-refractivity contribution < 1.29 is 9.90 Å². The third-order valence-corrected chi connectivity index (χ3v) is 5.31. The topological polar surface area (TPSA) is 49.3 Å². The van der Waals surface area contributed by atoms with Gasteiger partial charge in [0, 0.05) is 13.0 Å². The Kier molecular flexibility index (Phi) is 8.11. The molecule has 0 unspecified atom stereocenters. The summed E-state index contributed by atoms with van der Waals surface area (Å²) in [4.78, 5) is 10.6. The van der Waals surface area contributed by atoms with Crippen LogP contribution >= 0.6 is 0 Å². The predicted octanol–water partition coefficient (Wildman–Crippen LogP) is 5.09. The molecule has 1 aromatic carbocycles. The van der Waals surface area contributed by atoms with Crippen LogP contribution in [0.5, 0.6) is 0 Å². The highest BCUT2D eigenvalue weighted by Gasteiger charge is 2.19. The van der Waals surface area contributed by atoms with Crippen LogP contribution in [0.25, 0.3) is 0 Å². The number of benzene rings is 1. The van der Waals surface area contributed by atoms with Crippen molar-refractivity contribution in [3.05, 3.63) is 58.7 Å². The Morgan fingerprint density at radius 2 is 1.88 bits per heavy atom. The Labute approximate surface area is 158 Å². The summed E-state index contributed by atoms with van der Waals surface area (Å²) < 4.78 is 0. The van der Waals surface area contributed by atoms with E-state index in [1.54, 1.807) is 0 Å². The minimum atomic E-state index is -0.706. The number of hydrogen-bond acceptors (Lipinski definition) is 2. The van der Waals surface area contributed by atoms with Gasteiger partial charge < -0.3 is 10.4 Å². The minimum absolute atomic E-state index is 0.259. The first kappa shape index (κ1) is 20.4. The number of carbonyl (C=O) groups is 1. The summed E-state index contributed by atoms with van der Waals surface area (Å²) in [6, 6.07) is 4.52. The van der Waals surface area contributed by atoms with E-state index in [1.165, 1.54) is 22.3 Å². The van der Waals surface area contributed by atoms with Crippen molar-refractivity contribution in [2.75, 3.05) is 6.54 Å². The molecule has 0 aliphatic heterocycles. The highest BCUT2D eigenvalue weighted by Crippen LogP contribution is 2.27. The molecule has 0 saturated heterocycles. The number of hydrogen-bond donors (Lipinski definition) is 2. The van der Waals surface area contributed by atoms with Crippen LogP contribution in [-0.4, -0.2) is 17.6 Å². The lowest BCUT2D eigenvalue weighted by atomic mass is 9.82. The molecule has 2 atom stereocenters. The highest BCUT2D eigenvalue weighted by atomic mass is 16.4. The van der Waals surface area contributed by atoms with E-state index in [4.69, 9.17) is 5.11 Å². The Morgan fingerprint density at radius 3 is 2.58 bits per heavy atom.